The second kappa shape index (κ2) is 5.94. The Kier molecular flexibility index (Phi) is 4.14. The van der Waals surface area contributed by atoms with Crippen molar-refractivity contribution in [3.8, 4) is 0 Å². The molecule has 12 heteroatoms. The Labute approximate surface area is 149 Å². The number of ketones is 1. The number of amides is 2. The molecule has 3 rings (SSSR count). The SMILES string of the molecule is CC(=O)C1=NOC2C(=O)N(N(C)c3ncc(C(F)(F)F)cc3Cl)C(=O)C12. The predicted octanol–water partition coefficient (Wildman–Crippen LogP) is 1.43. The minimum atomic E-state index is -4.65. The lowest BCUT2D eigenvalue weighted by molar-refractivity contribution is -0.143. The maximum Gasteiger partial charge on any atom is 0.417 e. The standard InChI is InChI=1S/C14H10ClF3N4O4/c1-5(23)9-8-10(26-20-9)13(25)22(12(8)24)21(2)11-7(15)3-6(4-19-11)14(16,17)18/h3-4,8,10H,1-2H3. The van der Waals surface area contributed by atoms with Crippen LogP contribution in [0.3, 0.4) is 0 Å². The molecule has 1 aromatic heterocycles. The second-order valence-corrected chi connectivity index (χ2v) is 5.98. The van der Waals surface area contributed by atoms with Crippen LogP contribution in [0.1, 0.15) is 12.5 Å². The number of aromatic nitrogens is 1. The molecule has 0 aliphatic carbocycles. The van der Waals surface area contributed by atoms with Crippen molar-refractivity contribution in [1.29, 1.82) is 0 Å². The summed E-state index contributed by atoms with van der Waals surface area (Å²) in [6.07, 6.45) is -5.43. The molecule has 0 bridgehead atoms. The van der Waals surface area contributed by atoms with Crippen LogP contribution in [0, 0.1) is 5.92 Å². The number of carbonyl (C=O) groups excluding carboxylic acids is 3. The first-order chi connectivity index (χ1) is 12.0. The fourth-order valence-corrected chi connectivity index (χ4v) is 2.96. The first-order valence-electron chi connectivity index (χ1n) is 7.13. The van der Waals surface area contributed by atoms with Gasteiger partial charge in [-0.1, -0.05) is 16.8 Å². The van der Waals surface area contributed by atoms with Crippen LogP contribution in [0.15, 0.2) is 17.4 Å². The smallest absolute Gasteiger partial charge is 0.381 e. The minimum Gasteiger partial charge on any atom is -0.381 e. The number of hydrazine groups is 1. The van der Waals surface area contributed by atoms with E-state index in [-0.39, 0.29) is 11.5 Å². The third-order valence-corrected chi connectivity index (χ3v) is 4.18. The molecule has 2 amide bonds. The topological polar surface area (TPSA) is 92.2 Å². The first-order valence-corrected chi connectivity index (χ1v) is 7.50. The van der Waals surface area contributed by atoms with Gasteiger partial charge in [0.1, 0.15) is 11.6 Å². The molecule has 2 aliphatic rings. The van der Waals surface area contributed by atoms with Gasteiger partial charge in [-0.05, 0) is 6.07 Å². The molecule has 1 saturated heterocycles. The summed E-state index contributed by atoms with van der Waals surface area (Å²) in [5, 5.41) is 4.57. The van der Waals surface area contributed by atoms with Crippen LogP contribution in [-0.4, -0.2) is 46.5 Å². The van der Waals surface area contributed by atoms with Crippen LogP contribution in [0.2, 0.25) is 5.02 Å². The quantitative estimate of drug-likeness (QED) is 0.725. The van der Waals surface area contributed by atoms with E-state index in [2.05, 4.69) is 10.1 Å². The van der Waals surface area contributed by atoms with E-state index in [0.29, 0.717) is 17.3 Å². The van der Waals surface area contributed by atoms with Crippen molar-refractivity contribution >= 4 is 40.7 Å². The average molecular weight is 391 g/mol. The van der Waals surface area contributed by atoms with Gasteiger partial charge in [0.05, 0.1) is 10.6 Å². The highest BCUT2D eigenvalue weighted by molar-refractivity contribution is 6.45. The van der Waals surface area contributed by atoms with E-state index in [0.717, 1.165) is 5.01 Å². The first kappa shape index (κ1) is 18.1. The van der Waals surface area contributed by atoms with Gasteiger partial charge >= 0.3 is 6.18 Å². The van der Waals surface area contributed by atoms with E-state index < -0.39 is 46.4 Å². The molecule has 2 atom stereocenters. The molecule has 3 heterocycles. The van der Waals surface area contributed by atoms with Gasteiger partial charge in [-0.15, -0.1) is 0 Å². The Morgan fingerprint density at radius 3 is 2.54 bits per heavy atom. The largest absolute Gasteiger partial charge is 0.417 e. The number of anilines is 1. The van der Waals surface area contributed by atoms with Crippen LogP contribution >= 0.6 is 11.6 Å². The van der Waals surface area contributed by atoms with Crippen molar-refractivity contribution in [2.45, 2.75) is 19.2 Å². The molecule has 0 radical (unpaired) electrons. The number of hydrogen-bond donors (Lipinski definition) is 0. The zero-order valence-corrected chi connectivity index (χ0v) is 14.0. The molecule has 1 aromatic rings. The summed E-state index contributed by atoms with van der Waals surface area (Å²) >= 11 is 5.84. The van der Waals surface area contributed by atoms with Gasteiger partial charge in [0.15, 0.2) is 11.6 Å². The van der Waals surface area contributed by atoms with E-state index in [1.807, 2.05) is 0 Å². The van der Waals surface area contributed by atoms with Crippen molar-refractivity contribution < 1.29 is 32.4 Å². The summed E-state index contributed by atoms with van der Waals surface area (Å²) in [6.45, 7) is 1.17. The Morgan fingerprint density at radius 2 is 2.00 bits per heavy atom. The summed E-state index contributed by atoms with van der Waals surface area (Å²) in [6, 6.07) is 0.630. The summed E-state index contributed by atoms with van der Waals surface area (Å²) in [5.41, 5.74) is -1.28. The number of Topliss-reactive ketones (excluding diaryl/α,β-unsaturated/α-hetero) is 1. The Bertz CT molecular complexity index is 857. The van der Waals surface area contributed by atoms with E-state index in [1.165, 1.54) is 14.0 Å². The Morgan fingerprint density at radius 1 is 1.35 bits per heavy atom. The molecule has 26 heavy (non-hydrogen) atoms. The number of rotatable bonds is 3. The van der Waals surface area contributed by atoms with Gasteiger partial charge in [0, 0.05) is 20.2 Å². The maximum absolute atomic E-state index is 12.7. The van der Waals surface area contributed by atoms with Crippen LogP contribution in [0.25, 0.3) is 0 Å². The number of carbonyl (C=O) groups is 3. The summed E-state index contributed by atoms with van der Waals surface area (Å²) in [5.74, 6) is -3.64. The van der Waals surface area contributed by atoms with E-state index in [1.54, 1.807) is 0 Å². The molecule has 1 fully saturated rings. The van der Waals surface area contributed by atoms with Crippen molar-refractivity contribution in [3.63, 3.8) is 0 Å². The van der Waals surface area contributed by atoms with Gasteiger partial charge in [-0.25, -0.2) is 4.98 Å². The third-order valence-electron chi connectivity index (χ3n) is 3.91. The zero-order chi connectivity index (χ0) is 19.4. The van der Waals surface area contributed by atoms with E-state index in [9.17, 15) is 27.6 Å². The predicted molar refractivity (Wildman–Crippen MR) is 81.0 cm³/mol. The second-order valence-electron chi connectivity index (χ2n) is 5.58. The number of oxime groups is 1. The highest BCUT2D eigenvalue weighted by atomic mass is 35.5. The van der Waals surface area contributed by atoms with Crippen LogP contribution in [0.4, 0.5) is 19.0 Å². The summed E-state index contributed by atoms with van der Waals surface area (Å²) in [4.78, 5) is 45.0. The number of hydrogen-bond acceptors (Lipinski definition) is 7. The maximum atomic E-state index is 12.7. The number of alkyl halides is 3. The highest BCUT2D eigenvalue weighted by Crippen LogP contribution is 2.36. The van der Waals surface area contributed by atoms with Crippen molar-refractivity contribution in [2.75, 3.05) is 12.1 Å². The molecule has 8 nitrogen and oxygen atoms in total. The average Bonchev–Trinajstić information content (AvgIpc) is 3.07. The van der Waals surface area contributed by atoms with Gasteiger partial charge in [0.25, 0.3) is 11.8 Å². The number of nitrogens with zero attached hydrogens (tertiary/aromatic N) is 4. The fraction of sp³-hybridized carbons (Fsp3) is 0.357. The van der Waals surface area contributed by atoms with Crippen molar-refractivity contribution in [3.05, 3.63) is 22.8 Å². The molecule has 0 N–H and O–H groups in total. The van der Waals surface area contributed by atoms with Gasteiger partial charge in [0.2, 0.25) is 6.10 Å². The number of imide groups is 1. The lowest BCUT2D eigenvalue weighted by Gasteiger charge is -2.28. The third kappa shape index (κ3) is 2.68. The lowest BCUT2D eigenvalue weighted by Crippen LogP contribution is -2.46. The minimum absolute atomic E-state index is 0.198. The fourth-order valence-electron chi connectivity index (χ4n) is 2.67. The molecule has 0 saturated carbocycles. The number of fused-ring (bicyclic) bond motifs is 1. The molecule has 2 aliphatic heterocycles. The van der Waals surface area contributed by atoms with Gasteiger partial charge in [-0.3, -0.25) is 19.4 Å². The zero-order valence-electron chi connectivity index (χ0n) is 13.2. The van der Waals surface area contributed by atoms with Crippen LogP contribution < -0.4 is 5.01 Å². The normalized spacial score (nSPS) is 22.2. The highest BCUT2D eigenvalue weighted by Gasteiger charge is 2.58. The number of pyridine rings is 1. The van der Waals surface area contributed by atoms with E-state index >= 15 is 0 Å². The Hall–Kier alpha value is -2.69. The summed E-state index contributed by atoms with van der Waals surface area (Å²) in [7, 11) is 1.23. The molecule has 138 valence electrons. The van der Waals surface area contributed by atoms with Crippen LogP contribution in [0.5, 0.6) is 0 Å². The lowest BCUT2D eigenvalue weighted by atomic mass is 9.97. The molecule has 2 unspecified atom stereocenters. The van der Waals surface area contributed by atoms with E-state index in [4.69, 9.17) is 16.4 Å². The molecule has 0 aromatic carbocycles. The Balaban J connectivity index is 1.93. The van der Waals surface area contributed by atoms with Gasteiger partial charge in [-0.2, -0.15) is 18.2 Å². The molecule has 0 spiro atoms. The summed E-state index contributed by atoms with van der Waals surface area (Å²) < 4.78 is 38.1. The monoisotopic (exact) mass is 390 g/mol. The molecular formula is C14H10ClF3N4O4. The molecular weight excluding hydrogens is 381 g/mol. The van der Waals surface area contributed by atoms with Gasteiger partial charge < -0.3 is 4.84 Å². The van der Waals surface area contributed by atoms with Crippen molar-refractivity contribution in [2.24, 2.45) is 11.1 Å². The number of halogens is 4. The van der Waals surface area contributed by atoms with Crippen molar-refractivity contribution in [1.82, 2.24) is 9.99 Å². The van der Waals surface area contributed by atoms with Crippen LogP contribution in [-0.2, 0) is 25.4 Å².